The zero-order valence-electron chi connectivity index (χ0n) is 17.2. The van der Waals surface area contributed by atoms with Gasteiger partial charge in [0.2, 0.25) is 0 Å². The lowest BCUT2D eigenvalue weighted by molar-refractivity contribution is 0.0953. The average molecular weight is 418 g/mol. The van der Waals surface area contributed by atoms with E-state index in [0.29, 0.717) is 17.8 Å². The van der Waals surface area contributed by atoms with E-state index >= 15 is 0 Å². The van der Waals surface area contributed by atoms with Crippen LogP contribution in [0, 0.1) is 13.8 Å². The SMILES string of the molecule is COc1ccc2cc(C(=O)NCCc3ccc(-c4csc(C)n4)cc3)c(C)nc2c1. The Labute approximate surface area is 179 Å². The van der Waals surface area contributed by atoms with Gasteiger partial charge < -0.3 is 10.1 Å². The van der Waals surface area contributed by atoms with Crippen LogP contribution in [0.5, 0.6) is 5.75 Å². The minimum Gasteiger partial charge on any atom is -0.497 e. The molecule has 4 aromatic rings. The molecule has 6 heteroatoms. The molecule has 1 amide bonds. The number of fused-ring (bicyclic) bond motifs is 1. The Balaban J connectivity index is 1.39. The zero-order valence-corrected chi connectivity index (χ0v) is 18.0. The van der Waals surface area contributed by atoms with Gasteiger partial charge in [-0.25, -0.2) is 4.98 Å². The minimum absolute atomic E-state index is 0.104. The van der Waals surface area contributed by atoms with Gasteiger partial charge in [-0.05, 0) is 44.0 Å². The third-order valence-corrected chi connectivity index (χ3v) is 5.80. The number of ether oxygens (including phenoxy) is 1. The molecule has 2 heterocycles. The van der Waals surface area contributed by atoms with Gasteiger partial charge in [-0.2, -0.15) is 0 Å². The van der Waals surface area contributed by atoms with Crippen molar-refractivity contribution in [3.05, 3.63) is 75.7 Å². The van der Waals surface area contributed by atoms with E-state index in [1.165, 1.54) is 5.56 Å². The van der Waals surface area contributed by atoms with Crippen molar-refractivity contribution in [1.82, 2.24) is 15.3 Å². The second-order valence-electron chi connectivity index (χ2n) is 7.13. The molecule has 0 saturated carbocycles. The van der Waals surface area contributed by atoms with E-state index in [4.69, 9.17) is 4.74 Å². The Morgan fingerprint density at radius 3 is 2.57 bits per heavy atom. The number of amides is 1. The first-order chi connectivity index (χ1) is 14.5. The first-order valence-corrected chi connectivity index (χ1v) is 10.7. The lowest BCUT2D eigenvalue weighted by atomic mass is 10.1. The largest absolute Gasteiger partial charge is 0.497 e. The van der Waals surface area contributed by atoms with Crippen molar-refractivity contribution < 1.29 is 9.53 Å². The second kappa shape index (κ2) is 8.63. The normalized spacial score (nSPS) is 10.9. The van der Waals surface area contributed by atoms with Crippen molar-refractivity contribution in [2.24, 2.45) is 0 Å². The molecule has 0 aliphatic heterocycles. The summed E-state index contributed by atoms with van der Waals surface area (Å²) in [5.41, 5.74) is 5.42. The molecule has 0 fully saturated rings. The predicted molar refractivity (Wildman–Crippen MR) is 121 cm³/mol. The molecule has 0 spiro atoms. The number of carbonyl (C=O) groups excluding carboxylic acids is 1. The summed E-state index contributed by atoms with van der Waals surface area (Å²) in [4.78, 5) is 21.8. The number of methoxy groups -OCH3 is 1. The van der Waals surface area contributed by atoms with Gasteiger partial charge >= 0.3 is 0 Å². The molecule has 0 unspecified atom stereocenters. The molecular formula is C24H23N3O2S. The molecule has 152 valence electrons. The maximum Gasteiger partial charge on any atom is 0.253 e. The highest BCUT2D eigenvalue weighted by atomic mass is 32.1. The quantitative estimate of drug-likeness (QED) is 0.482. The van der Waals surface area contributed by atoms with Crippen molar-refractivity contribution >= 4 is 28.1 Å². The Hall–Kier alpha value is -3.25. The summed E-state index contributed by atoms with van der Waals surface area (Å²) < 4.78 is 5.25. The van der Waals surface area contributed by atoms with E-state index in [0.717, 1.165) is 39.3 Å². The van der Waals surface area contributed by atoms with Crippen LogP contribution in [0.15, 0.2) is 53.9 Å². The van der Waals surface area contributed by atoms with Crippen molar-refractivity contribution in [2.45, 2.75) is 20.3 Å². The third-order valence-electron chi connectivity index (χ3n) is 5.03. The van der Waals surface area contributed by atoms with Crippen molar-refractivity contribution in [3.63, 3.8) is 0 Å². The van der Waals surface area contributed by atoms with Crippen molar-refractivity contribution in [3.8, 4) is 17.0 Å². The molecule has 30 heavy (non-hydrogen) atoms. The number of thiazole rings is 1. The van der Waals surface area contributed by atoms with E-state index in [1.54, 1.807) is 18.4 Å². The van der Waals surface area contributed by atoms with Gasteiger partial charge in [0.25, 0.3) is 5.91 Å². The van der Waals surface area contributed by atoms with Crippen LogP contribution in [0.3, 0.4) is 0 Å². The smallest absolute Gasteiger partial charge is 0.253 e. The number of hydrogen-bond acceptors (Lipinski definition) is 5. The van der Waals surface area contributed by atoms with Crippen LogP contribution in [0.1, 0.15) is 26.6 Å². The number of pyridine rings is 1. The number of aromatic nitrogens is 2. The highest BCUT2D eigenvalue weighted by molar-refractivity contribution is 7.09. The molecule has 0 saturated heterocycles. The van der Waals surface area contributed by atoms with E-state index in [1.807, 2.05) is 38.1 Å². The van der Waals surface area contributed by atoms with Crippen LogP contribution < -0.4 is 10.1 Å². The maximum absolute atomic E-state index is 12.7. The van der Waals surface area contributed by atoms with Crippen molar-refractivity contribution in [1.29, 1.82) is 0 Å². The molecule has 0 bridgehead atoms. The summed E-state index contributed by atoms with van der Waals surface area (Å²) in [5.74, 6) is 0.648. The Morgan fingerprint density at radius 2 is 1.87 bits per heavy atom. The summed E-state index contributed by atoms with van der Waals surface area (Å²) in [6, 6.07) is 15.9. The van der Waals surface area contributed by atoms with Crippen LogP contribution in [0.4, 0.5) is 0 Å². The lowest BCUT2D eigenvalue weighted by Gasteiger charge is -2.10. The van der Waals surface area contributed by atoms with Gasteiger partial charge in [-0.1, -0.05) is 24.3 Å². The van der Waals surface area contributed by atoms with E-state index < -0.39 is 0 Å². The van der Waals surface area contributed by atoms with Gasteiger partial charge in [-0.3, -0.25) is 9.78 Å². The molecule has 0 aliphatic carbocycles. The number of hydrogen-bond donors (Lipinski definition) is 1. The van der Waals surface area contributed by atoms with E-state index in [9.17, 15) is 4.79 Å². The zero-order chi connectivity index (χ0) is 21.1. The molecule has 4 rings (SSSR count). The Morgan fingerprint density at radius 1 is 1.07 bits per heavy atom. The van der Waals surface area contributed by atoms with Gasteiger partial charge in [0.1, 0.15) is 5.75 Å². The van der Waals surface area contributed by atoms with Crippen LogP contribution in [0.25, 0.3) is 22.2 Å². The summed E-state index contributed by atoms with van der Waals surface area (Å²) >= 11 is 1.65. The van der Waals surface area contributed by atoms with Gasteiger partial charge in [0.05, 0.1) is 34.6 Å². The number of nitrogens with zero attached hydrogens (tertiary/aromatic N) is 2. The number of benzene rings is 2. The van der Waals surface area contributed by atoms with Gasteiger partial charge in [0.15, 0.2) is 0 Å². The lowest BCUT2D eigenvalue weighted by Crippen LogP contribution is -2.26. The third kappa shape index (κ3) is 4.33. The molecule has 5 nitrogen and oxygen atoms in total. The number of rotatable bonds is 6. The first-order valence-electron chi connectivity index (χ1n) is 9.78. The summed E-state index contributed by atoms with van der Waals surface area (Å²) in [5, 5.41) is 7.06. The van der Waals surface area contributed by atoms with Crippen LogP contribution in [0.2, 0.25) is 0 Å². The summed E-state index contributed by atoms with van der Waals surface area (Å²) in [6.07, 6.45) is 0.763. The Bertz CT molecular complexity index is 1200. The summed E-state index contributed by atoms with van der Waals surface area (Å²) in [7, 11) is 1.63. The number of carbonyl (C=O) groups is 1. The van der Waals surface area contributed by atoms with E-state index in [-0.39, 0.29) is 5.91 Å². The predicted octanol–water partition coefficient (Wildman–Crippen LogP) is 4.96. The standard InChI is InChI=1S/C24H23N3O2S/c1-15-21(12-19-8-9-20(29-3)13-22(19)26-15)24(28)25-11-10-17-4-6-18(7-5-17)23-14-30-16(2)27-23/h4-9,12-14H,10-11H2,1-3H3,(H,25,28). The monoisotopic (exact) mass is 417 g/mol. The maximum atomic E-state index is 12.7. The second-order valence-corrected chi connectivity index (χ2v) is 8.20. The van der Waals surface area contributed by atoms with Gasteiger partial charge in [-0.15, -0.1) is 11.3 Å². The fraction of sp³-hybridized carbons (Fsp3) is 0.208. The van der Waals surface area contributed by atoms with Crippen molar-refractivity contribution in [2.75, 3.05) is 13.7 Å². The first kappa shape index (κ1) is 20.0. The highest BCUT2D eigenvalue weighted by Gasteiger charge is 2.12. The van der Waals surface area contributed by atoms with E-state index in [2.05, 4.69) is 44.9 Å². The number of nitrogens with one attached hydrogen (secondary N) is 1. The molecule has 0 atom stereocenters. The molecule has 2 aromatic heterocycles. The molecule has 0 aliphatic rings. The molecule has 0 radical (unpaired) electrons. The fourth-order valence-electron chi connectivity index (χ4n) is 3.35. The Kier molecular flexibility index (Phi) is 5.77. The molecule has 2 aromatic carbocycles. The molecule has 1 N–H and O–H groups in total. The molecular weight excluding hydrogens is 394 g/mol. The fourth-order valence-corrected chi connectivity index (χ4v) is 3.98. The minimum atomic E-state index is -0.104. The average Bonchev–Trinajstić information content (AvgIpc) is 3.19. The van der Waals surface area contributed by atoms with Gasteiger partial charge in [0, 0.05) is 28.9 Å². The van der Waals surface area contributed by atoms with Crippen LogP contribution in [-0.2, 0) is 6.42 Å². The van der Waals surface area contributed by atoms with Crippen LogP contribution in [-0.4, -0.2) is 29.5 Å². The highest BCUT2D eigenvalue weighted by Crippen LogP contribution is 2.23. The number of aryl methyl sites for hydroxylation is 2. The summed E-state index contributed by atoms with van der Waals surface area (Å²) in [6.45, 7) is 4.43. The van der Waals surface area contributed by atoms with Crippen LogP contribution >= 0.6 is 11.3 Å². The topological polar surface area (TPSA) is 64.1 Å².